The van der Waals surface area contributed by atoms with Crippen molar-refractivity contribution in [1.82, 2.24) is 0 Å². The van der Waals surface area contributed by atoms with Crippen LogP contribution in [-0.2, 0) is 15.9 Å². The highest BCUT2D eigenvalue weighted by molar-refractivity contribution is 5.71. The zero-order chi connectivity index (χ0) is 21.3. The quantitative estimate of drug-likeness (QED) is 0.119. The molecule has 1 aromatic carbocycles. The number of epoxide rings is 1. The molecule has 1 aliphatic carbocycles. The molecule has 1 heterocycles. The van der Waals surface area contributed by atoms with Gasteiger partial charge < -0.3 is 18.9 Å². The SMILES string of the molecule is C=COc1cc(CCCCC)cc(O/C(=N\C)OCC2CO2)c1[C@@H]1C=C(C)CCC1. The van der Waals surface area contributed by atoms with Crippen molar-refractivity contribution in [2.24, 2.45) is 4.99 Å². The van der Waals surface area contributed by atoms with E-state index in [1.165, 1.54) is 30.2 Å². The van der Waals surface area contributed by atoms with Gasteiger partial charge in [-0.1, -0.05) is 38.0 Å². The first kappa shape index (κ1) is 22.4. The fourth-order valence-corrected chi connectivity index (χ4v) is 3.92. The molecule has 0 amide bonds. The van der Waals surface area contributed by atoms with Crippen LogP contribution in [0, 0.1) is 0 Å². The molecule has 1 aromatic rings. The highest BCUT2D eigenvalue weighted by atomic mass is 16.7. The largest absolute Gasteiger partial charge is 0.465 e. The molecule has 3 rings (SSSR count). The van der Waals surface area contributed by atoms with Crippen molar-refractivity contribution in [1.29, 1.82) is 0 Å². The third kappa shape index (κ3) is 6.36. The lowest BCUT2D eigenvalue weighted by Gasteiger charge is -2.25. The Labute approximate surface area is 180 Å². The molecule has 30 heavy (non-hydrogen) atoms. The summed E-state index contributed by atoms with van der Waals surface area (Å²) >= 11 is 0. The molecule has 0 spiro atoms. The molecule has 0 saturated carbocycles. The summed E-state index contributed by atoms with van der Waals surface area (Å²) in [5, 5.41) is 0. The third-order valence-electron chi connectivity index (χ3n) is 5.56. The van der Waals surface area contributed by atoms with Crippen molar-refractivity contribution in [3.8, 4) is 11.5 Å². The van der Waals surface area contributed by atoms with Gasteiger partial charge in [0.2, 0.25) is 0 Å². The molecule has 0 aromatic heterocycles. The van der Waals surface area contributed by atoms with Gasteiger partial charge in [-0.05, 0) is 56.7 Å². The van der Waals surface area contributed by atoms with E-state index in [4.69, 9.17) is 18.9 Å². The van der Waals surface area contributed by atoms with Crippen molar-refractivity contribution in [3.05, 3.63) is 47.7 Å². The fraction of sp³-hybridized carbons (Fsp3) is 0.560. The summed E-state index contributed by atoms with van der Waals surface area (Å²) in [4.78, 5) is 4.21. The highest BCUT2D eigenvalue weighted by Crippen LogP contribution is 2.43. The van der Waals surface area contributed by atoms with Gasteiger partial charge in [0.15, 0.2) is 0 Å². The summed E-state index contributed by atoms with van der Waals surface area (Å²) in [7, 11) is 1.68. The molecule has 2 atom stereocenters. The number of hydrogen-bond donors (Lipinski definition) is 0. The lowest BCUT2D eigenvalue weighted by atomic mass is 9.84. The monoisotopic (exact) mass is 413 g/mol. The molecule has 1 unspecified atom stereocenters. The molecule has 0 bridgehead atoms. The number of nitrogens with zero attached hydrogens (tertiary/aromatic N) is 1. The van der Waals surface area contributed by atoms with Crippen LogP contribution in [0.15, 0.2) is 41.6 Å². The number of hydrogen-bond acceptors (Lipinski definition) is 5. The summed E-state index contributed by atoms with van der Waals surface area (Å²) in [6, 6.07) is 4.26. The average Bonchev–Trinajstić information content (AvgIpc) is 3.56. The van der Waals surface area contributed by atoms with Crippen LogP contribution < -0.4 is 9.47 Å². The van der Waals surface area contributed by atoms with Gasteiger partial charge in [0.05, 0.1) is 12.9 Å². The van der Waals surface area contributed by atoms with Crippen molar-refractivity contribution >= 4 is 6.08 Å². The molecule has 0 radical (unpaired) electrons. The fourth-order valence-electron chi connectivity index (χ4n) is 3.92. The summed E-state index contributed by atoms with van der Waals surface area (Å²) in [5.74, 6) is 1.80. The standard InChI is InChI=1S/C25H35NO4/c1-5-7-8-11-19-14-22(27-6-2)24(20-12-9-10-18(3)13-20)23(15-19)30-25(26-4)29-17-21-16-28-21/h6,13-15,20-21H,2,5,7-12,16-17H2,1,3-4H3/b26-25-/t20-,21?/m0/s1. The van der Waals surface area contributed by atoms with E-state index >= 15 is 0 Å². The van der Waals surface area contributed by atoms with Crippen LogP contribution in [-0.4, -0.2) is 32.4 Å². The van der Waals surface area contributed by atoms with E-state index in [1.807, 2.05) is 0 Å². The summed E-state index contributed by atoms with van der Waals surface area (Å²) < 4.78 is 23.1. The second-order valence-electron chi connectivity index (χ2n) is 8.12. The van der Waals surface area contributed by atoms with E-state index in [9.17, 15) is 0 Å². The number of unbranched alkanes of at least 4 members (excludes halogenated alkanes) is 2. The highest BCUT2D eigenvalue weighted by Gasteiger charge is 2.27. The Bertz CT molecular complexity index is 780. The molecule has 2 aliphatic rings. The summed E-state index contributed by atoms with van der Waals surface area (Å²) in [5.41, 5.74) is 3.64. The van der Waals surface area contributed by atoms with Gasteiger partial charge in [0.1, 0.15) is 24.2 Å². The normalized spacial score (nSPS) is 21.0. The first-order valence-corrected chi connectivity index (χ1v) is 11.1. The van der Waals surface area contributed by atoms with E-state index < -0.39 is 0 Å². The number of aliphatic imine (C=N–C) groups is 1. The van der Waals surface area contributed by atoms with Gasteiger partial charge in [-0.25, -0.2) is 4.99 Å². The minimum Gasteiger partial charge on any atom is -0.465 e. The summed E-state index contributed by atoms with van der Waals surface area (Å²) in [6.07, 6.45) is 12.1. The van der Waals surface area contributed by atoms with Gasteiger partial charge in [-0.2, -0.15) is 0 Å². The molecule has 164 valence electrons. The zero-order valence-corrected chi connectivity index (χ0v) is 18.6. The second-order valence-corrected chi connectivity index (χ2v) is 8.12. The lowest BCUT2D eigenvalue weighted by molar-refractivity contribution is 0.205. The summed E-state index contributed by atoms with van der Waals surface area (Å²) in [6.45, 7) is 9.38. The first-order chi connectivity index (χ1) is 14.6. The van der Waals surface area contributed by atoms with E-state index in [-0.39, 0.29) is 18.1 Å². The van der Waals surface area contributed by atoms with Crippen LogP contribution in [0.2, 0.25) is 0 Å². The Balaban J connectivity index is 1.94. The van der Waals surface area contributed by atoms with Crippen molar-refractivity contribution in [2.45, 2.75) is 70.8 Å². The second kappa shape index (κ2) is 11.2. The number of benzene rings is 1. The average molecular weight is 414 g/mol. The van der Waals surface area contributed by atoms with Gasteiger partial charge in [0, 0.05) is 18.5 Å². The van der Waals surface area contributed by atoms with Crippen LogP contribution in [0.4, 0.5) is 0 Å². The van der Waals surface area contributed by atoms with Crippen molar-refractivity contribution < 1.29 is 18.9 Å². The maximum absolute atomic E-state index is 6.22. The third-order valence-corrected chi connectivity index (χ3v) is 5.56. The Morgan fingerprint density at radius 1 is 1.30 bits per heavy atom. The van der Waals surface area contributed by atoms with Crippen LogP contribution >= 0.6 is 0 Å². The molecule has 0 N–H and O–H groups in total. The number of allylic oxidation sites excluding steroid dienone is 2. The van der Waals surface area contributed by atoms with E-state index in [2.05, 4.69) is 43.6 Å². The predicted molar refractivity (Wildman–Crippen MR) is 121 cm³/mol. The maximum Gasteiger partial charge on any atom is 0.388 e. The minimum atomic E-state index is 0.147. The van der Waals surface area contributed by atoms with Crippen molar-refractivity contribution in [3.63, 3.8) is 0 Å². The van der Waals surface area contributed by atoms with E-state index in [0.717, 1.165) is 55.8 Å². The minimum absolute atomic E-state index is 0.147. The van der Waals surface area contributed by atoms with Crippen LogP contribution in [0.25, 0.3) is 0 Å². The van der Waals surface area contributed by atoms with Gasteiger partial charge in [0.25, 0.3) is 0 Å². The molecule has 1 aliphatic heterocycles. The van der Waals surface area contributed by atoms with E-state index in [0.29, 0.717) is 6.61 Å². The topological polar surface area (TPSA) is 52.6 Å². The zero-order valence-electron chi connectivity index (χ0n) is 18.6. The van der Waals surface area contributed by atoms with Crippen LogP contribution in [0.1, 0.15) is 69.4 Å². The Kier molecular flexibility index (Phi) is 8.38. The smallest absolute Gasteiger partial charge is 0.388 e. The Morgan fingerprint density at radius 2 is 2.10 bits per heavy atom. The van der Waals surface area contributed by atoms with E-state index in [1.54, 1.807) is 7.05 Å². The maximum atomic E-state index is 6.22. The predicted octanol–water partition coefficient (Wildman–Crippen LogP) is 5.94. The molecule has 1 saturated heterocycles. The molecule has 5 heteroatoms. The molecular weight excluding hydrogens is 378 g/mol. The van der Waals surface area contributed by atoms with Gasteiger partial charge >= 0.3 is 6.08 Å². The molecule has 1 fully saturated rings. The number of ether oxygens (including phenoxy) is 4. The number of aryl methyl sites for hydroxylation is 1. The van der Waals surface area contributed by atoms with Crippen molar-refractivity contribution in [2.75, 3.05) is 20.3 Å². The van der Waals surface area contributed by atoms with Crippen LogP contribution in [0.5, 0.6) is 11.5 Å². The Hall–Kier alpha value is -2.27. The Morgan fingerprint density at radius 3 is 2.77 bits per heavy atom. The lowest BCUT2D eigenvalue weighted by Crippen LogP contribution is -2.18. The first-order valence-electron chi connectivity index (χ1n) is 11.1. The van der Waals surface area contributed by atoms with Gasteiger partial charge in [-0.3, -0.25) is 0 Å². The van der Waals surface area contributed by atoms with Crippen LogP contribution in [0.3, 0.4) is 0 Å². The molecule has 5 nitrogen and oxygen atoms in total. The number of rotatable bonds is 10. The molecular formula is C25H35NO4. The van der Waals surface area contributed by atoms with Gasteiger partial charge in [-0.15, -0.1) is 0 Å².